The van der Waals surface area contributed by atoms with Gasteiger partial charge in [-0.3, -0.25) is 10.1 Å². The second-order valence-electron chi connectivity index (χ2n) is 3.95. The molecular weight excluding hydrogens is 286 g/mol. The molecule has 1 aromatic carbocycles. The Labute approximate surface area is 107 Å². The molecule has 5 nitrogen and oxygen atoms in total. The molecule has 88 valence electrons. The van der Waals surface area contributed by atoms with Crippen LogP contribution in [-0.2, 0) is 0 Å². The highest BCUT2D eigenvalue weighted by Gasteiger charge is 2.23. The van der Waals surface area contributed by atoms with Gasteiger partial charge in [0.15, 0.2) is 0 Å². The largest absolute Gasteiger partial charge is 0.370 e. The third-order valence-electron chi connectivity index (χ3n) is 2.86. The minimum absolute atomic E-state index is 0.0592. The van der Waals surface area contributed by atoms with Crippen LogP contribution >= 0.6 is 15.9 Å². The lowest BCUT2D eigenvalue weighted by Crippen LogP contribution is -2.19. The van der Waals surface area contributed by atoms with Gasteiger partial charge in [-0.1, -0.05) is 0 Å². The second-order valence-corrected chi connectivity index (χ2v) is 4.81. The topological polar surface area (TPSA) is 70.2 Å². The molecule has 0 saturated carbocycles. The summed E-state index contributed by atoms with van der Waals surface area (Å²) < 4.78 is 0.473. The number of benzene rings is 1. The Balaban J connectivity index is 2.22. The van der Waals surface area contributed by atoms with Gasteiger partial charge in [0.25, 0.3) is 5.69 Å². The number of rotatable bonds is 2. The van der Waals surface area contributed by atoms with Gasteiger partial charge < -0.3 is 4.90 Å². The lowest BCUT2D eigenvalue weighted by molar-refractivity contribution is -0.385. The van der Waals surface area contributed by atoms with Crippen molar-refractivity contribution in [3.63, 3.8) is 0 Å². The molecule has 1 saturated heterocycles. The van der Waals surface area contributed by atoms with Crippen molar-refractivity contribution in [1.29, 1.82) is 5.26 Å². The standard InChI is InChI=1S/C11H10BrN3O2/c12-10-5-9(1-2-11(10)15(16)17)14-4-3-8(6-13)7-14/h1-2,5,8H,3-4,7H2/t8-/m1/s1. The first-order valence-corrected chi connectivity index (χ1v) is 5.99. The van der Waals surface area contributed by atoms with Crippen molar-refractivity contribution >= 4 is 27.3 Å². The van der Waals surface area contributed by atoms with Crippen molar-refractivity contribution < 1.29 is 4.92 Å². The van der Waals surface area contributed by atoms with Gasteiger partial charge in [0.2, 0.25) is 0 Å². The molecular formula is C11H10BrN3O2. The Bertz CT molecular complexity index is 498. The number of nitrogens with zero attached hydrogens (tertiary/aromatic N) is 3. The smallest absolute Gasteiger partial charge is 0.283 e. The van der Waals surface area contributed by atoms with Gasteiger partial charge in [-0.15, -0.1) is 0 Å². The van der Waals surface area contributed by atoms with Gasteiger partial charge in [-0.05, 0) is 34.5 Å². The molecule has 0 radical (unpaired) electrons. The van der Waals surface area contributed by atoms with Gasteiger partial charge >= 0.3 is 0 Å². The summed E-state index contributed by atoms with van der Waals surface area (Å²) in [6.45, 7) is 1.52. The van der Waals surface area contributed by atoms with E-state index in [-0.39, 0.29) is 11.6 Å². The van der Waals surface area contributed by atoms with E-state index in [1.165, 1.54) is 6.07 Å². The molecule has 17 heavy (non-hydrogen) atoms. The van der Waals surface area contributed by atoms with Crippen LogP contribution in [0.15, 0.2) is 22.7 Å². The first kappa shape index (κ1) is 11.9. The minimum atomic E-state index is -0.421. The molecule has 0 bridgehead atoms. The van der Waals surface area contributed by atoms with E-state index in [0.717, 1.165) is 18.7 Å². The monoisotopic (exact) mass is 295 g/mol. The number of nitro benzene ring substituents is 1. The van der Waals surface area contributed by atoms with Crippen molar-refractivity contribution in [2.45, 2.75) is 6.42 Å². The highest BCUT2D eigenvalue weighted by Crippen LogP contribution is 2.31. The fraction of sp³-hybridized carbons (Fsp3) is 0.364. The SMILES string of the molecule is N#C[C@H]1CCN(c2ccc([N+](=O)[O-])c(Br)c2)C1. The summed E-state index contributed by atoms with van der Waals surface area (Å²) in [6.07, 6.45) is 0.852. The van der Waals surface area contributed by atoms with Crippen molar-refractivity contribution in [2.24, 2.45) is 5.92 Å². The van der Waals surface area contributed by atoms with Gasteiger partial charge in [0, 0.05) is 24.8 Å². The average molecular weight is 296 g/mol. The highest BCUT2D eigenvalue weighted by molar-refractivity contribution is 9.10. The van der Waals surface area contributed by atoms with Crippen LogP contribution in [0.5, 0.6) is 0 Å². The zero-order valence-corrected chi connectivity index (χ0v) is 10.6. The van der Waals surface area contributed by atoms with Crippen LogP contribution in [0.2, 0.25) is 0 Å². The number of halogens is 1. The third-order valence-corrected chi connectivity index (χ3v) is 3.50. The van der Waals surface area contributed by atoms with Crippen LogP contribution in [0, 0.1) is 27.4 Å². The molecule has 0 unspecified atom stereocenters. The highest BCUT2D eigenvalue weighted by atomic mass is 79.9. The molecule has 0 N–H and O–H groups in total. The number of nitriles is 1. The van der Waals surface area contributed by atoms with Crippen LogP contribution in [-0.4, -0.2) is 18.0 Å². The average Bonchev–Trinajstić information content (AvgIpc) is 2.76. The summed E-state index contributed by atoms with van der Waals surface area (Å²) >= 11 is 3.19. The van der Waals surface area contributed by atoms with E-state index in [1.54, 1.807) is 12.1 Å². The second kappa shape index (κ2) is 4.72. The normalized spacial score (nSPS) is 19.1. The molecule has 0 aliphatic carbocycles. The van der Waals surface area contributed by atoms with E-state index in [1.807, 2.05) is 0 Å². The zero-order valence-electron chi connectivity index (χ0n) is 8.97. The fourth-order valence-electron chi connectivity index (χ4n) is 1.94. The lowest BCUT2D eigenvalue weighted by Gasteiger charge is -2.17. The Morgan fingerprint density at radius 3 is 2.88 bits per heavy atom. The van der Waals surface area contributed by atoms with Gasteiger partial charge in [0.1, 0.15) is 0 Å². The van der Waals surface area contributed by atoms with E-state index in [2.05, 4.69) is 26.9 Å². The minimum Gasteiger partial charge on any atom is -0.370 e. The van der Waals surface area contributed by atoms with Crippen LogP contribution in [0.1, 0.15) is 6.42 Å². The summed E-state index contributed by atoms with van der Waals surface area (Å²) in [5.41, 5.74) is 0.977. The predicted octanol–water partition coefficient (Wildman–Crippen LogP) is 2.71. The van der Waals surface area contributed by atoms with Crippen LogP contribution in [0.25, 0.3) is 0 Å². The quantitative estimate of drug-likeness (QED) is 0.621. The van der Waals surface area contributed by atoms with E-state index in [0.29, 0.717) is 11.0 Å². The Hall–Kier alpha value is -1.61. The molecule has 1 aliphatic heterocycles. The Morgan fingerprint density at radius 2 is 2.35 bits per heavy atom. The van der Waals surface area contributed by atoms with E-state index >= 15 is 0 Å². The number of anilines is 1. The van der Waals surface area contributed by atoms with Gasteiger partial charge in [0.05, 0.1) is 21.4 Å². The van der Waals surface area contributed by atoms with Crippen LogP contribution in [0.4, 0.5) is 11.4 Å². The van der Waals surface area contributed by atoms with Crippen molar-refractivity contribution in [2.75, 3.05) is 18.0 Å². The van der Waals surface area contributed by atoms with E-state index in [9.17, 15) is 10.1 Å². The maximum Gasteiger partial charge on any atom is 0.283 e. The fourth-order valence-corrected chi connectivity index (χ4v) is 2.45. The van der Waals surface area contributed by atoms with Gasteiger partial charge in [-0.25, -0.2) is 0 Å². The maximum absolute atomic E-state index is 10.7. The summed E-state index contributed by atoms with van der Waals surface area (Å²) in [4.78, 5) is 12.3. The van der Waals surface area contributed by atoms with Crippen molar-refractivity contribution in [1.82, 2.24) is 0 Å². The summed E-state index contributed by atoms with van der Waals surface area (Å²) in [7, 11) is 0. The van der Waals surface area contributed by atoms with Crippen LogP contribution < -0.4 is 4.90 Å². The molecule has 1 fully saturated rings. The molecule has 1 atom stereocenters. The molecule has 0 aromatic heterocycles. The first-order chi connectivity index (χ1) is 8.11. The first-order valence-electron chi connectivity index (χ1n) is 5.20. The molecule has 1 heterocycles. The summed E-state index contributed by atoms with van der Waals surface area (Å²) in [5.74, 6) is 0.0592. The van der Waals surface area contributed by atoms with E-state index < -0.39 is 4.92 Å². The number of hydrogen-bond donors (Lipinski definition) is 0. The summed E-state index contributed by atoms with van der Waals surface area (Å²) in [6, 6.07) is 7.19. The van der Waals surface area contributed by atoms with E-state index in [4.69, 9.17) is 5.26 Å². The number of hydrogen-bond acceptors (Lipinski definition) is 4. The predicted molar refractivity (Wildman–Crippen MR) is 66.7 cm³/mol. The molecule has 0 spiro atoms. The maximum atomic E-state index is 10.7. The Morgan fingerprint density at radius 1 is 1.59 bits per heavy atom. The molecule has 1 aliphatic rings. The molecule has 0 amide bonds. The van der Waals surface area contributed by atoms with Gasteiger partial charge in [-0.2, -0.15) is 5.26 Å². The third kappa shape index (κ3) is 2.39. The molecule has 6 heteroatoms. The number of nitro groups is 1. The Kier molecular flexibility index (Phi) is 3.29. The summed E-state index contributed by atoms with van der Waals surface area (Å²) in [5, 5.41) is 19.5. The zero-order chi connectivity index (χ0) is 12.4. The molecule has 2 rings (SSSR count). The molecule has 1 aromatic rings. The van der Waals surface area contributed by atoms with Crippen molar-refractivity contribution in [3.05, 3.63) is 32.8 Å². The van der Waals surface area contributed by atoms with Crippen molar-refractivity contribution in [3.8, 4) is 6.07 Å². The van der Waals surface area contributed by atoms with Crippen LogP contribution in [0.3, 0.4) is 0 Å². The lowest BCUT2D eigenvalue weighted by atomic mass is 10.1.